The Kier molecular flexibility index (Phi) is 3.20. The van der Waals surface area contributed by atoms with Crippen molar-refractivity contribution in [2.75, 3.05) is 6.54 Å². The van der Waals surface area contributed by atoms with Crippen LogP contribution in [0.15, 0.2) is 30.3 Å². The average Bonchev–Trinajstić information content (AvgIpc) is 2.98. The van der Waals surface area contributed by atoms with E-state index in [1.165, 1.54) is 18.4 Å². The number of hydrogen-bond acceptors (Lipinski definition) is 1. The van der Waals surface area contributed by atoms with Gasteiger partial charge < -0.3 is 5.32 Å². The highest BCUT2D eigenvalue weighted by Gasteiger charge is 2.34. The van der Waals surface area contributed by atoms with Crippen LogP contribution in [0.3, 0.4) is 0 Å². The minimum Gasteiger partial charge on any atom is -0.313 e. The molecule has 0 spiro atoms. The van der Waals surface area contributed by atoms with Gasteiger partial charge in [0, 0.05) is 6.04 Å². The summed E-state index contributed by atoms with van der Waals surface area (Å²) in [4.78, 5) is 0. The van der Waals surface area contributed by atoms with E-state index in [1.54, 1.807) is 0 Å². The fourth-order valence-corrected chi connectivity index (χ4v) is 2.00. The molecule has 1 N–H and O–H groups in total. The lowest BCUT2D eigenvalue weighted by atomic mass is 10.1. The van der Waals surface area contributed by atoms with Crippen molar-refractivity contribution in [3.63, 3.8) is 0 Å². The Morgan fingerprint density at radius 2 is 2.07 bits per heavy atom. The van der Waals surface area contributed by atoms with Gasteiger partial charge >= 0.3 is 0 Å². The lowest BCUT2D eigenvalue weighted by Crippen LogP contribution is -2.21. The van der Waals surface area contributed by atoms with E-state index in [1.807, 2.05) is 0 Å². The van der Waals surface area contributed by atoms with Crippen LogP contribution in [0.5, 0.6) is 0 Å². The molecule has 1 saturated carbocycles. The molecule has 2 rings (SSSR count). The molecule has 0 radical (unpaired) electrons. The minimum absolute atomic E-state index is 0.823. The second-order valence-corrected chi connectivity index (χ2v) is 4.20. The van der Waals surface area contributed by atoms with Crippen LogP contribution in [0, 0.1) is 5.92 Å². The molecule has 2 atom stereocenters. The van der Waals surface area contributed by atoms with Gasteiger partial charge in [-0.3, -0.25) is 0 Å². The number of benzene rings is 1. The molecule has 0 saturated heterocycles. The molecule has 2 unspecified atom stereocenters. The summed E-state index contributed by atoms with van der Waals surface area (Å²) in [5.41, 5.74) is 1.44. The fraction of sp³-hybridized carbons (Fsp3) is 0.538. The molecule has 1 fully saturated rings. The molecule has 14 heavy (non-hydrogen) atoms. The van der Waals surface area contributed by atoms with E-state index in [9.17, 15) is 0 Å². The first-order valence-electron chi connectivity index (χ1n) is 5.67. The molecule has 1 aromatic rings. The summed E-state index contributed by atoms with van der Waals surface area (Å²) >= 11 is 0. The molecule has 0 bridgehead atoms. The first-order valence-corrected chi connectivity index (χ1v) is 5.67. The zero-order valence-electron chi connectivity index (χ0n) is 8.87. The summed E-state index contributed by atoms with van der Waals surface area (Å²) in [6, 6.07) is 11.5. The van der Waals surface area contributed by atoms with E-state index in [0.717, 1.165) is 24.9 Å². The smallest absolute Gasteiger partial charge is 0.00991 e. The van der Waals surface area contributed by atoms with Gasteiger partial charge in [-0.1, -0.05) is 43.7 Å². The van der Waals surface area contributed by atoms with Crippen molar-refractivity contribution in [3.8, 4) is 0 Å². The molecule has 76 valence electrons. The molecule has 1 nitrogen and oxygen atoms in total. The molecule has 0 amide bonds. The number of nitrogens with one attached hydrogen (secondary N) is 1. The van der Waals surface area contributed by atoms with Crippen molar-refractivity contribution in [2.45, 2.75) is 32.2 Å². The molecule has 0 heterocycles. The summed E-state index contributed by atoms with van der Waals surface area (Å²) in [7, 11) is 0. The number of hydrogen-bond donors (Lipinski definition) is 1. The van der Waals surface area contributed by atoms with Crippen LogP contribution in [0.1, 0.15) is 25.3 Å². The van der Waals surface area contributed by atoms with Crippen LogP contribution >= 0.6 is 0 Å². The Balaban J connectivity index is 1.64. The van der Waals surface area contributed by atoms with Crippen LogP contribution in [-0.2, 0) is 6.42 Å². The Bertz CT molecular complexity index is 268. The Morgan fingerprint density at radius 1 is 1.29 bits per heavy atom. The SMILES string of the molecule is CCC1CC1NCCc1ccccc1. The zero-order valence-corrected chi connectivity index (χ0v) is 8.87. The highest BCUT2D eigenvalue weighted by atomic mass is 15.0. The third-order valence-corrected chi connectivity index (χ3v) is 3.11. The average molecular weight is 189 g/mol. The third-order valence-electron chi connectivity index (χ3n) is 3.11. The van der Waals surface area contributed by atoms with Gasteiger partial charge in [-0.2, -0.15) is 0 Å². The summed E-state index contributed by atoms with van der Waals surface area (Å²) in [5.74, 6) is 0.964. The summed E-state index contributed by atoms with van der Waals surface area (Å²) in [5, 5.41) is 3.61. The zero-order chi connectivity index (χ0) is 9.80. The standard InChI is InChI=1S/C13H19N/c1-2-12-10-13(12)14-9-8-11-6-4-3-5-7-11/h3-7,12-14H,2,8-10H2,1H3. The largest absolute Gasteiger partial charge is 0.313 e. The van der Waals surface area contributed by atoms with Crippen molar-refractivity contribution in [3.05, 3.63) is 35.9 Å². The maximum Gasteiger partial charge on any atom is 0.00991 e. The van der Waals surface area contributed by atoms with Crippen LogP contribution in [0.2, 0.25) is 0 Å². The van der Waals surface area contributed by atoms with E-state index in [0.29, 0.717) is 0 Å². The van der Waals surface area contributed by atoms with Gasteiger partial charge in [0.25, 0.3) is 0 Å². The van der Waals surface area contributed by atoms with Crippen LogP contribution in [-0.4, -0.2) is 12.6 Å². The highest BCUT2D eigenvalue weighted by Crippen LogP contribution is 2.32. The van der Waals surface area contributed by atoms with Crippen molar-refractivity contribution in [2.24, 2.45) is 5.92 Å². The molecule has 0 aromatic heterocycles. The normalized spacial score (nSPS) is 24.9. The van der Waals surface area contributed by atoms with Gasteiger partial charge in [-0.25, -0.2) is 0 Å². The summed E-state index contributed by atoms with van der Waals surface area (Å²) in [6.07, 6.45) is 3.89. The van der Waals surface area contributed by atoms with Crippen molar-refractivity contribution < 1.29 is 0 Å². The third kappa shape index (κ3) is 2.58. The summed E-state index contributed by atoms with van der Waals surface area (Å²) in [6.45, 7) is 3.41. The second kappa shape index (κ2) is 4.61. The predicted octanol–water partition coefficient (Wildman–Crippen LogP) is 2.62. The van der Waals surface area contributed by atoms with Crippen molar-refractivity contribution in [1.82, 2.24) is 5.32 Å². The van der Waals surface area contributed by atoms with Crippen LogP contribution in [0.25, 0.3) is 0 Å². The fourth-order valence-electron chi connectivity index (χ4n) is 2.00. The molecule has 0 aliphatic heterocycles. The Hall–Kier alpha value is -0.820. The highest BCUT2D eigenvalue weighted by molar-refractivity contribution is 5.14. The van der Waals surface area contributed by atoms with Gasteiger partial charge in [0.1, 0.15) is 0 Å². The van der Waals surface area contributed by atoms with E-state index in [-0.39, 0.29) is 0 Å². The molecule has 1 aliphatic carbocycles. The van der Waals surface area contributed by atoms with Crippen molar-refractivity contribution in [1.29, 1.82) is 0 Å². The van der Waals surface area contributed by atoms with E-state index >= 15 is 0 Å². The second-order valence-electron chi connectivity index (χ2n) is 4.20. The summed E-state index contributed by atoms with van der Waals surface area (Å²) < 4.78 is 0. The first kappa shape index (κ1) is 9.72. The van der Waals surface area contributed by atoms with E-state index in [2.05, 4.69) is 42.6 Å². The van der Waals surface area contributed by atoms with Gasteiger partial charge in [0.15, 0.2) is 0 Å². The predicted molar refractivity (Wildman–Crippen MR) is 60.3 cm³/mol. The maximum atomic E-state index is 3.61. The van der Waals surface area contributed by atoms with Crippen LogP contribution < -0.4 is 5.32 Å². The maximum absolute atomic E-state index is 3.61. The monoisotopic (exact) mass is 189 g/mol. The Morgan fingerprint density at radius 3 is 2.71 bits per heavy atom. The van der Waals surface area contributed by atoms with Crippen molar-refractivity contribution >= 4 is 0 Å². The first-order chi connectivity index (χ1) is 6.90. The van der Waals surface area contributed by atoms with Gasteiger partial charge in [-0.15, -0.1) is 0 Å². The quantitative estimate of drug-likeness (QED) is 0.750. The van der Waals surface area contributed by atoms with Gasteiger partial charge in [0.05, 0.1) is 0 Å². The Labute approximate surface area is 86.5 Å². The topological polar surface area (TPSA) is 12.0 Å². The molecule has 1 aliphatic rings. The molecular weight excluding hydrogens is 170 g/mol. The van der Waals surface area contributed by atoms with E-state index < -0.39 is 0 Å². The van der Waals surface area contributed by atoms with Crippen LogP contribution in [0.4, 0.5) is 0 Å². The van der Waals surface area contributed by atoms with Gasteiger partial charge in [0.2, 0.25) is 0 Å². The van der Waals surface area contributed by atoms with Gasteiger partial charge in [-0.05, 0) is 30.9 Å². The molecule has 1 heteroatoms. The van der Waals surface area contributed by atoms with E-state index in [4.69, 9.17) is 0 Å². The lowest BCUT2D eigenvalue weighted by Gasteiger charge is -2.03. The molecular formula is C13H19N. The lowest BCUT2D eigenvalue weighted by molar-refractivity contribution is 0.623. The number of rotatable bonds is 5. The molecule has 1 aromatic carbocycles. The minimum atomic E-state index is 0.823.